The Hall–Kier alpha value is -1.43. The third-order valence-electron chi connectivity index (χ3n) is 3.74. The summed E-state index contributed by atoms with van der Waals surface area (Å²) >= 11 is 1.94. The van der Waals surface area contributed by atoms with Crippen LogP contribution in [0, 0.1) is 5.82 Å². The van der Waals surface area contributed by atoms with Crippen LogP contribution in [0.25, 0.3) is 0 Å². The highest BCUT2D eigenvalue weighted by atomic mass is 32.2. The molecular weight excluding hydrogens is 301 g/mol. The van der Waals surface area contributed by atoms with Gasteiger partial charge in [-0.25, -0.2) is 4.39 Å². The summed E-state index contributed by atoms with van der Waals surface area (Å²) in [6.07, 6.45) is 5.80. The molecule has 0 aromatic heterocycles. The summed E-state index contributed by atoms with van der Waals surface area (Å²) in [5.74, 6) is 1.06. The lowest BCUT2D eigenvalue weighted by atomic mass is 10.2. The third-order valence-corrected chi connectivity index (χ3v) is 4.84. The number of nitrogens with zero attached hydrogens (tertiary/aromatic N) is 1. The second kappa shape index (κ2) is 8.88. The summed E-state index contributed by atoms with van der Waals surface area (Å²) in [4.78, 5) is 4.23. The Bertz CT molecular complexity index is 498. The van der Waals surface area contributed by atoms with Crippen LogP contribution < -0.4 is 15.4 Å². The number of thioether (sulfide) groups is 1. The summed E-state index contributed by atoms with van der Waals surface area (Å²) in [7, 11) is 1.77. The third kappa shape index (κ3) is 5.40. The molecular formula is C16H24FN3OS. The Morgan fingerprint density at radius 3 is 3.00 bits per heavy atom. The zero-order valence-electron chi connectivity index (χ0n) is 13.1. The molecule has 0 bridgehead atoms. The molecule has 0 spiro atoms. The van der Waals surface area contributed by atoms with Gasteiger partial charge in [0.05, 0.1) is 6.54 Å². The molecule has 22 heavy (non-hydrogen) atoms. The predicted molar refractivity (Wildman–Crippen MR) is 91.3 cm³/mol. The summed E-state index contributed by atoms with van der Waals surface area (Å²) in [6, 6.07) is 6.67. The maximum absolute atomic E-state index is 13.0. The van der Waals surface area contributed by atoms with Gasteiger partial charge in [0.15, 0.2) is 5.96 Å². The number of benzene rings is 1. The first-order chi connectivity index (χ1) is 10.7. The van der Waals surface area contributed by atoms with Crippen molar-refractivity contribution in [2.45, 2.75) is 30.6 Å². The number of nitrogens with one attached hydrogen (secondary N) is 2. The Morgan fingerprint density at radius 2 is 2.32 bits per heavy atom. The van der Waals surface area contributed by atoms with Crippen LogP contribution >= 0.6 is 11.8 Å². The first-order valence-corrected chi connectivity index (χ1v) is 8.88. The fourth-order valence-corrected chi connectivity index (χ4v) is 3.36. The van der Waals surface area contributed by atoms with Gasteiger partial charge in [-0.15, -0.1) is 0 Å². The van der Waals surface area contributed by atoms with E-state index in [1.165, 1.54) is 31.4 Å². The minimum Gasteiger partial charge on any atom is -0.492 e. The van der Waals surface area contributed by atoms with Crippen molar-refractivity contribution in [3.8, 4) is 5.75 Å². The van der Waals surface area contributed by atoms with Gasteiger partial charge in [0.25, 0.3) is 0 Å². The minimum absolute atomic E-state index is 0.285. The molecule has 2 unspecified atom stereocenters. The SMILES string of the molecule is CN=C(NCCOc1cccc(F)c1)NC1CCC(SC)C1. The molecule has 1 aliphatic rings. The van der Waals surface area contributed by atoms with E-state index in [1.54, 1.807) is 19.2 Å². The topological polar surface area (TPSA) is 45.7 Å². The van der Waals surface area contributed by atoms with Crippen LogP contribution in [0.2, 0.25) is 0 Å². The highest BCUT2D eigenvalue weighted by Gasteiger charge is 2.24. The van der Waals surface area contributed by atoms with Gasteiger partial charge >= 0.3 is 0 Å². The fraction of sp³-hybridized carbons (Fsp3) is 0.562. The van der Waals surface area contributed by atoms with Crippen LogP contribution in [0.3, 0.4) is 0 Å². The number of guanidine groups is 1. The van der Waals surface area contributed by atoms with E-state index in [2.05, 4.69) is 21.9 Å². The Labute approximate surface area is 135 Å². The molecule has 1 aliphatic carbocycles. The molecule has 0 amide bonds. The van der Waals surface area contributed by atoms with Crippen molar-refractivity contribution < 1.29 is 9.13 Å². The number of hydrogen-bond acceptors (Lipinski definition) is 3. The van der Waals surface area contributed by atoms with E-state index in [0.29, 0.717) is 24.9 Å². The maximum Gasteiger partial charge on any atom is 0.191 e. The lowest BCUT2D eigenvalue weighted by Gasteiger charge is -2.17. The Balaban J connectivity index is 1.66. The van der Waals surface area contributed by atoms with Crippen LogP contribution in [0.5, 0.6) is 5.75 Å². The van der Waals surface area contributed by atoms with Gasteiger partial charge in [-0.2, -0.15) is 11.8 Å². The summed E-state index contributed by atoms with van der Waals surface area (Å²) in [6.45, 7) is 1.08. The first-order valence-electron chi connectivity index (χ1n) is 7.59. The molecule has 6 heteroatoms. The standard InChI is InChI=1S/C16H24FN3OS/c1-18-16(20-13-6-7-15(11-13)22-2)19-8-9-21-14-5-3-4-12(17)10-14/h3-5,10,13,15H,6-9,11H2,1-2H3,(H2,18,19,20). The van der Waals surface area contributed by atoms with E-state index >= 15 is 0 Å². The number of halogens is 1. The molecule has 1 aromatic carbocycles. The van der Waals surface area contributed by atoms with Crippen LogP contribution in [-0.4, -0.2) is 43.7 Å². The van der Waals surface area contributed by atoms with Crippen molar-refractivity contribution >= 4 is 17.7 Å². The van der Waals surface area contributed by atoms with Gasteiger partial charge in [-0.1, -0.05) is 6.07 Å². The smallest absolute Gasteiger partial charge is 0.191 e. The molecule has 122 valence electrons. The second-order valence-electron chi connectivity index (χ2n) is 5.32. The first kappa shape index (κ1) is 16.9. The average molecular weight is 325 g/mol. The van der Waals surface area contributed by atoms with Crippen LogP contribution in [-0.2, 0) is 0 Å². The molecule has 0 saturated heterocycles. The summed E-state index contributed by atoms with van der Waals surface area (Å²) in [5, 5.41) is 7.43. The van der Waals surface area contributed by atoms with E-state index in [9.17, 15) is 4.39 Å². The molecule has 0 heterocycles. The number of hydrogen-bond donors (Lipinski definition) is 2. The highest BCUT2D eigenvalue weighted by Crippen LogP contribution is 2.27. The lowest BCUT2D eigenvalue weighted by Crippen LogP contribution is -2.43. The van der Waals surface area contributed by atoms with E-state index < -0.39 is 0 Å². The molecule has 0 radical (unpaired) electrons. The van der Waals surface area contributed by atoms with E-state index in [0.717, 1.165) is 11.2 Å². The Morgan fingerprint density at radius 1 is 1.45 bits per heavy atom. The van der Waals surface area contributed by atoms with E-state index in [-0.39, 0.29) is 5.82 Å². The van der Waals surface area contributed by atoms with Gasteiger partial charge in [0.2, 0.25) is 0 Å². The van der Waals surface area contributed by atoms with E-state index in [4.69, 9.17) is 4.74 Å². The lowest BCUT2D eigenvalue weighted by molar-refractivity contribution is 0.320. The second-order valence-corrected chi connectivity index (χ2v) is 6.45. The van der Waals surface area contributed by atoms with Gasteiger partial charge < -0.3 is 15.4 Å². The van der Waals surface area contributed by atoms with Crippen LogP contribution in [0.4, 0.5) is 4.39 Å². The predicted octanol–water partition coefficient (Wildman–Crippen LogP) is 2.65. The number of rotatable bonds is 6. The van der Waals surface area contributed by atoms with E-state index in [1.807, 2.05) is 11.8 Å². The molecule has 2 N–H and O–H groups in total. The molecule has 2 rings (SSSR count). The van der Waals surface area contributed by atoms with Crippen molar-refractivity contribution in [2.75, 3.05) is 26.5 Å². The molecule has 0 aliphatic heterocycles. The quantitative estimate of drug-likeness (QED) is 0.479. The zero-order valence-corrected chi connectivity index (χ0v) is 14.0. The van der Waals surface area contributed by atoms with Crippen molar-refractivity contribution in [2.24, 2.45) is 4.99 Å². The zero-order chi connectivity index (χ0) is 15.8. The summed E-state index contributed by atoms with van der Waals surface area (Å²) in [5.41, 5.74) is 0. The normalized spacial score (nSPS) is 21.7. The van der Waals surface area contributed by atoms with Crippen molar-refractivity contribution in [3.05, 3.63) is 30.1 Å². The van der Waals surface area contributed by atoms with Crippen molar-refractivity contribution in [1.82, 2.24) is 10.6 Å². The van der Waals surface area contributed by atoms with Crippen LogP contribution in [0.1, 0.15) is 19.3 Å². The summed E-state index contributed by atoms with van der Waals surface area (Å²) < 4.78 is 18.5. The van der Waals surface area contributed by atoms with Crippen LogP contribution in [0.15, 0.2) is 29.3 Å². The number of ether oxygens (including phenoxy) is 1. The van der Waals surface area contributed by atoms with Gasteiger partial charge in [-0.3, -0.25) is 4.99 Å². The highest BCUT2D eigenvalue weighted by molar-refractivity contribution is 7.99. The number of aliphatic imine (C=N–C) groups is 1. The molecule has 2 atom stereocenters. The fourth-order valence-electron chi connectivity index (χ4n) is 2.57. The average Bonchev–Trinajstić information content (AvgIpc) is 2.98. The Kier molecular flexibility index (Phi) is 6.83. The molecule has 1 saturated carbocycles. The van der Waals surface area contributed by atoms with Gasteiger partial charge in [-0.05, 0) is 37.7 Å². The molecule has 1 fully saturated rings. The minimum atomic E-state index is -0.285. The maximum atomic E-state index is 13.0. The van der Waals surface area contributed by atoms with Crippen molar-refractivity contribution in [1.29, 1.82) is 0 Å². The van der Waals surface area contributed by atoms with Crippen molar-refractivity contribution in [3.63, 3.8) is 0 Å². The van der Waals surface area contributed by atoms with Gasteiger partial charge in [0.1, 0.15) is 18.2 Å². The largest absolute Gasteiger partial charge is 0.492 e. The monoisotopic (exact) mass is 325 g/mol. The van der Waals surface area contributed by atoms with Gasteiger partial charge in [0, 0.05) is 24.4 Å². The molecule has 4 nitrogen and oxygen atoms in total. The molecule has 1 aromatic rings.